The molecule has 0 aliphatic carbocycles. The zero-order valence-corrected chi connectivity index (χ0v) is 19.5. The van der Waals surface area contributed by atoms with Crippen LogP contribution < -0.4 is 5.32 Å². The highest BCUT2D eigenvalue weighted by molar-refractivity contribution is 7.16. The Morgan fingerprint density at radius 2 is 1.68 bits per heavy atom. The summed E-state index contributed by atoms with van der Waals surface area (Å²) in [5, 5.41) is 3.01. The molecule has 1 aliphatic rings. The number of anilines is 1. The normalized spacial score (nSPS) is 12.8. The maximum Gasteiger partial charge on any atom is 0.341 e. The van der Waals surface area contributed by atoms with Gasteiger partial charge in [-0.2, -0.15) is 0 Å². The van der Waals surface area contributed by atoms with Gasteiger partial charge in [0.25, 0.3) is 11.8 Å². The van der Waals surface area contributed by atoms with Gasteiger partial charge in [0, 0.05) is 11.0 Å². The van der Waals surface area contributed by atoms with Gasteiger partial charge in [-0.25, -0.2) is 4.79 Å². The highest BCUT2D eigenvalue weighted by Crippen LogP contribution is 2.32. The number of esters is 1. The van der Waals surface area contributed by atoms with E-state index in [4.69, 9.17) is 4.74 Å². The van der Waals surface area contributed by atoms with Gasteiger partial charge in [0.2, 0.25) is 5.91 Å². The average molecular weight is 475 g/mol. The number of nitrogens with zero attached hydrogens (tertiary/aromatic N) is 1. The van der Waals surface area contributed by atoms with E-state index in [1.807, 2.05) is 31.2 Å². The molecule has 0 bridgehead atoms. The molecule has 2 heterocycles. The van der Waals surface area contributed by atoms with Crippen molar-refractivity contribution >= 4 is 46.1 Å². The smallest absolute Gasteiger partial charge is 0.341 e. The zero-order chi connectivity index (χ0) is 24.2. The Labute approximate surface area is 200 Å². The number of hydrogen-bond acceptors (Lipinski definition) is 6. The second-order valence-electron chi connectivity index (χ2n) is 7.65. The summed E-state index contributed by atoms with van der Waals surface area (Å²) in [6, 6.07) is 15.9. The van der Waals surface area contributed by atoms with Gasteiger partial charge in [-0.1, -0.05) is 42.0 Å². The molecule has 0 fully saturated rings. The molecule has 0 atom stereocenters. The highest BCUT2D eigenvalue weighted by Gasteiger charge is 2.35. The summed E-state index contributed by atoms with van der Waals surface area (Å²) in [6.45, 7) is 3.82. The molecule has 0 unspecified atom stereocenters. The molecule has 1 aliphatic heterocycles. The monoisotopic (exact) mass is 474 g/mol. The number of hydrogen-bond donors (Lipinski definition) is 1. The number of ether oxygens (including phenoxy) is 1. The molecule has 8 heteroatoms. The van der Waals surface area contributed by atoms with E-state index >= 15 is 0 Å². The van der Waals surface area contributed by atoms with E-state index in [9.17, 15) is 19.2 Å². The molecule has 1 N–H and O–H groups in total. The molecule has 0 saturated carbocycles. The van der Waals surface area contributed by atoms with Crippen molar-refractivity contribution in [3.8, 4) is 0 Å². The number of aryl methyl sites for hydroxylation is 1. The van der Waals surface area contributed by atoms with Crippen molar-refractivity contribution in [3.63, 3.8) is 0 Å². The summed E-state index contributed by atoms with van der Waals surface area (Å²) < 4.78 is 5.12. The predicted molar refractivity (Wildman–Crippen MR) is 130 cm³/mol. The molecule has 7 nitrogen and oxygen atoms in total. The maximum atomic E-state index is 12.7. The minimum atomic E-state index is -0.592. The van der Waals surface area contributed by atoms with Crippen molar-refractivity contribution in [2.75, 3.05) is 11.9 Å². The van der Waals surface area contributed by atoms with Crippen LogP contribution in [0, 0.1) is 6.92 Å². The third-order valence-electron chi connectivity index (χ3n) is 5.21. The standard InChI is InChI=1S/C26H22N2O5S/c1-3-33-26(32)21-14-18(15-28-24(30)19-6-4-5-7-20(19)25(28)31)34-23(21)27-22(29)13-12-17-10-8-16(2)9-11-17/h4-14H,3,15H2,1-2H3,(H,27,29)/b13-12+. The second-order valence-corrected chi connectivity index (χ2v) is 8.79. The lowest BCUT2D eigenvalue weighted by molar-refractivity contribution is -0.111. The van der Waals surface area contributed by atoms with Crippen molar-refractivity contribution in [1.29, 1.82) is 0 Å². The number of thiophene rings is 1. The Hall–Kier alpha value is -4.04. The van der Waals surface area contributed by atoms with Crippen LogP contribution in [0.15, 0.2) is 60.7 Å². The Morgan fingerprint density at radius 1 is 1.03 bits per heavy atom. The largest absolute Gasteiger partial charge is 0.462 e. The van der Waals surface area contributed by atoms with Gasteiger partial charge in [-0.05, 0) is 43.7 Å². The van der Waals surface area contributed by atoms with Gasteiger partial charge < -0.3 is 10.1 Å². The van der Waals surface area contributed by atoms with Crippen LogP contribution >= 0.6 is 11.3 Å². The number of rotatable bonds is 7. The number of carbonyl (C=O) groups is 4. The van der Waals surface area contributed by atoms with E-state index in [0.29, 0.717) is 21.0 Å². The SMILES string of the molecule is CCOC(=O)c1cc(CN2C(=O)c3ccccc3C2=O)sc1NC(=O)/C=C/c1ccc(C)cc1. The van der Waals surface area contributed by atoms with Crippen LogP contribution in [0.5, 0.6) is 0 Å². The lowest BCUT2D eigenvalue weighted by Crippen LogP contribution is -2.28. The summed E-state index contributed by atoms with van der Waals surface area (Å²) in [5.41, 5.74) is 2.86. The summed E-state index contributed by atoms with van der Waals surface area (Å²) in [5.74, 6) is -1.79. The molecule has 3 amide bonds. The Bertz CT molecular complexity index is 1270. The molecule has 34 heavy (non-hydrogen) atoms. The number of imide groups is 1. The molecule has 3 aromatic rings. The summed E-state index contributed by atoms with van der Waals surface area (Å²) >= 11 is 1.12. The first-order valence-electron chi connectivity index (χ1n) is 10.7. The fourth-order valence-corrected chi connectivity index (χ4v) is 4.55. The van der Waals surface area contributed by atoms with Crippen molar-refractivity contribution in [2.24, 2.45) is 0 Å². The van der Waals surface area contributed by atoms with Gasteiger partial charge in [0.1, 0.15) is 5.00 Å². The second kappa shape index (κ2) is 9.84. The molecule has 0 saturated heterocycles. The van der Waals surface area contributed by atoms with Crippen molar-refractivity contribution in [3.05, 3.63) is 93.4 Å². The molecule has 1 aromatic heterocycles. The third-order valence-corrected chi connectivity index (χ3v) is 6.25. The first-order chi connectivity index (χ1) is 16.4. The predicted octanol–water partition coefficient (Wildman–Crippen LogP) is 4.68. The van der Waals surface area contributed by atoms with Crippen LogP contribution in [-0.2, 0) is 16.1 Å². The van der Waals surface area contributed by atoms with Crippen LogP contribution in [-0.4, -0.2) is 35.2 Å². The zero-order valence-electron chi connectivity index (χ0n) is 18.7. The van der Waals surface area contributed by atoms with Crippen molar-refractivity contribution in [1.82, 2.24) is 4.90 Å². The number of benzene rings is 2. The number of carbonyl (C=O) groups excluding carboxylic acids is 4. The van der Waals surface area contributed by atoms with Crippen molar-refractivity contribution < 1.29 is 23.9 Å². The Morgan fingerprint density at radius 3 is 2.29 bits per heavy atom. The molecular formula is C26H22N2O5S. The highest BCUT2D eigenvalue weighted by atomic mass is 32.1. The van der Waals surface area contributed by atoms with Crippen LogP contribution in [0.25, 0.3) is 6.08 Å². The maximum absolute atomic E-state index is 12.7. The summed E-state index contributed by atoms with van der Waals surface area (Å²) in [6.07, 6.45) is 3.05. The number of nitrogens with one attached hydrogen (secondary N) is 1. The molecule has 0 radical (unpaired) electrons. The molecule has 0 spiro atoms. The first kappa shape index (κ1) is 23.1. The van der Waals surface area contributed by atoms with Gasteiger partial charge in [0.15, 0.2) is 0 Å². The lowest BCUT2D eigenvalue weighted by atomic mass is 10.1. The van der Waals surface area contributed by atoms with Crippen LogP contribution in [0.4, 0.5) is 5.00 Å². The van der Waals surface area contributed by atoms with E-state index in [1.165, 1.54) is 6.08 Å². The Balaban J connectivity index is 1.54. The lowest BCUT2D eigenvalue weighted by Gasteiger charge is -2.12. The van der Waals surface area contributed by atoms with E-state index < -0.39 is 23.7 Å². The topological polar surface area (TPSA) is 92.8 Å². The van der Waals surface area contributed by atoms with Crippen LogP contribution in [0.3, 0.4) is 0 Å². The fraction of sp³-hybridized carbons (Fsp3) is 0.154. The molecule has 2 aromatic carbocycles. The van der Waals surface area contributed by atoms with E-state index in [-0.39, 0.29) is 18.7 Å². The van der Waals surface area contributed by atoms with Gasteiger partial charge in [-0.3, -0.25) is 19.3 Å². The number of amides is 3. The molecule has 172 valence electrons. The van der Waals surface area contributed by atoms with Crippen LogP contribution in [0.1, 0.15) is 54.0 Å². The summed E-state index contributed by atoms with van der Waals surface area (Å²) in [4.78, 5) is 52.1. The van der Waals surface area contributed by atoms with Crippen molar-refractivity contribution in [2.45, 2.75) is 20.4 Å². The quantitative estimate of drug-likeness (QED) is 0.305. The molecule has 4 rings (SSSR count). The average Bonchev–Trinajstić information content (AvgIpc) is 3.33. The van der Waals surface area contributed by atoms with Gasteiger partial charge in [0.05, 0.1) is 29.8 Å². The summed E-state index contributed by atoms with van der Waals surface area (Å²) in [7, 11) is 0. The fourth-order valence-electron chi connectivity index (χ4n) is 3.51. The van der Waals surface area contributed by atoms with E-state index in [2.05, 4.69) is 5.32 Å². The van der Waals surface area contributed by atoms with Gasteiger partial charge in [-0.15, -0.1) is 11.3 Å². The third kappa shape index (κ3) is 4.82. The minimum absolute atomic E-state index is 0.0154. The van der Waals surface area contributed by atoms with Crippen LogP contribution in [0.2, 0.25) is 0 Å². The van der Waals surface area contributed by atoms with Gasteiger partial charge >= 0.3 is 5.97 Å². The Kier molecular flexibility index (Phi) is 6.70. The first-order valence-corrected chi connectivity index (χ1v) is 11.5. The molecular weight excluding hydrogens is 452 g/mol. The minimum Gasteiger partial charge on any atom is -0.462 e. The van der Waals surface area contributed by atoms with E-state index in [1.54, 1.807) is 43.3 Å². The van der Waals surface area contributed by atoms with E-state index in [0.717, 1.165) is 27.4 Å². The number of fused-ring (bicyclic) bond motifs is 1.